The number of carbonyl (C=O) groups excluding carboxylic acids is 1. The van der Waals surface area contributed by atoms with Crippen LogP contribution in [0.2, 0.25) is 0 Å². The molecule has 1 aromatic heterocycles. The highest BCUT2D eigenvalue weighted by Crippen LogP contribution is 2.28. The minimum Gasteiger partial charge on any atom is -0.445 e. The molecule has 2 N–H and O–H groups in total. The molecule has 0 spiro atoms. The molecule has 25 heavy (non-hydrogen) atoms. The van der Waals surface area contributed by atoms with E-state index < -0.39 is 0 Å². The Morgan fingerprint density at radius 2 is 1.96 bits per heavy atom. The molecule has 0 saturated heterocycles. The number of amides is 1. The van der Waals surface area contributed by atoms with Gasteiger partial charge < -0.3 is 15.0 Å². The summed E-state index contributed by atoms with van der Waals surface area (Å²) in [6.45, 7) is 8.89. The Kier molecular flexibility index (Phi) is 4.81. The third-order valence-electron chi connectivity index (χ3n) is 4.44. The summed E-state index contributed by atoms with van der Waals surface area (Å²) >= 11 is 0. The number of nitrogens with zero attached hydrogens (tertiary/aromatic N) is 3. The Morgan fingerprint density at radius 1 is 1.24 bits per heavy atom. The summed E-state index contributed by atoms with van der Waals surface area (Å²) in [4.78, 5) is 18.9. The zero-order chi connectivity index (χ0) is 18.0. The van der Waals surface area contributed by atoms with E-state index in [0.717, 1.165) is 22.8 Å². The number of carbonyl (C=O) groups is 1. The van der Waals surface area contributed by atoms with Crippen molar-refractivity contribution in [1.82, 2.24) is 14.5 Å². The molecule has 0 aliphatic carbocycles. The predicted octanol–water partition coefficient (Wildman–Crippen LogP) is 2.79. The molecule has 3 rings (SSSR count). The van der Waals surface area contributed by atoms with E-state index in [9.17, 15) is 4.79 Å². The molecule has 0 atom stereocenters. The lowest BCUT2D eigenvalue weighted by Gasteiger charge is -2.28. The lowest BCUT2D eigenvalue weighted by atomic mass is 9.90. The second-order valence-electron chi connectivity index (χ2n) is 7.39. The third-order valence-corrected chi connectivity index (χ3v) is 4.44. The molecule has 2 aromatic rings. The SMILES string of the molecule is CC(C)(C)c1nc2n(c1CN)CCN(C(=O)OCc1ccccc1)C2. The highest BCUT2D eigenvalue weighted by molar-refractivity contribution is 5.67. The van der Waals surface area contributed by atoms with E-state index in [4.69, 9.17) is 15.5 Å². The van der Waals surface area contributed by atoms with Crippen LogP contribution in [0.5, 0.6) is 0 Å². The van der Waals surface area contributed by atoms with Crippen LogP contribution in [0, 0.1) is 0 Å². The van der Waals surface area contributed by atoms with Crippen LogP contribution in [-0.4, -0.2) is 27.1 Å². The predicted molar refractivity (Wildman–Crippen MR) is 95.9 cm³/mol. The molecule has 134 valence electrons. The van der Waals surface area contributed by atoms with Crippen LogP contribution in [0.4, 0.5) is 4.79 Å². The lowest BCUT2D eigenvalue weighted by Crippen LogP contribution is -2.39. The summed E-state index contributed by atoms with van der Waals surface area (Å²) in [5.41, 5.74) is 8.95. The zero-order valence-corrected chi connectivity index (χ0v) is 15.2. The summed E-state index contributed by atoms with van der Waals surface area (Å²) in [5, 5.41) is 0. The molecular weight excluding hydrogens is 316 g/mol. The minimum atomic E-state index is -0.301. The van der Waals surface area contributed by atoms with E-state index in [1.165, 1.54) is 0 Å². The number of imidazole rings is 1. The van der Waals surface area contributed by atoms with Crippen molar-refractivity contribution in [1.29, 1.82) is 0 Å². The molecule has 2 heterocycles. The molecular formula is C19H26N4O2. The monoisotopic (exact) mass is 342 g/mol. The molecule has 0 fully saturated rings. The van der Waals surface area contributed by atoms with Crippen molar-refractivity contribution in [3.8, 4) is 0 Å². The maximum absolute atomic E-state index is 12.4. The quantitative estimate of drug-likeness (QED) is 0.931. The molecule has 1 amide bonds. The Labute approximate surface area is 148 Å². The van der Waals surface area contributed by atoms with E-state index in [2.05, 4.69) is 25.3 Å². The smallest absolute Gasteiger partial charge is 0.410 e. The van der Waals surface area contributed by atoms with E-state index in [1.807, 2.05) is 30.3 Å². The average molecular weight is 342 g/mol. The standard InChI is InChI=1S/C19H26N4O2/c1-19(2,3)17-15(11-20)23-10-9-22(12-16(23)21-17)18(24)25-13-14-7-5-4-6-8-14/h4-8H,9-13,20H2,1-3H3. The van der Waals surface area contributed by atoms with Crippen molar-refractivity contribution in [3.63, 3.8) is 0 Å². The van der Waals surface area contributed by atoms with Crippen molar-refractivity contribution < 1.29 is 9.53 Å². The lowest BCUT2D eigenvalue weighted by molar-refractivity contribution is 0.0859. The topological polar surface area (TPSA) is 73.4 Å². The van der Waals surface area contributed by atoms with Crippen molar-refractivity contribution in [2.24, 2.45) is 5.73 Å². The molecule has 1 aliphatic heterocycles. The van der Waals surface area contributed by atoms with Gasteiger partial charge in [0.15, 0.2) is 0 Å². The van der Waals surface area contributed by atoms with Gasteiger partial charge in [0.25, 0.3) is 0 Å². The van der Waals surface area contributed by atoms with Gasteiger partial charge in [-0.2, -0.15) is 0 Å². The van der Waals surface area contributed by atoms with E-state index in [0.29, 0.717) is 26.2 Å². The Morgan fingerprint density at radius 3 is 2.60 bits per heavy atom. The van der Waals surface area contributed by atoms with Gasteiger partial charge in [0.1, 0.15) is 12.4 Å². The average Bonchev–Trinajstić information content (AvgIpc) is 2.98. The fourth-order valence-corrected chi connectivity index (χ4v) is 3.17. The van der Waals surface area contributed by atoms with Gasteiger partial charge in [0.2, 0.25) is 0 Å². The van der Waals surface area contributed by atoms with Gasteiger partial charge in [-0.15, -0.1) is 0 Å². The van der Waals surface area contributed by atoms with Crippen LogP contribution in [0.1, 0.15) is 43.5 Å². The number of benzene rings is 1. The van der Waals surface area contributed by atoms with Crippen molar-refractivity contribution in [3.05, 3.63) is 53.1 Å². The fraction of sp³-hybridized carbons (Fsp3) is 0.474. The van der Waals surface area contributed by atoms with E-state index >= 15 is 0 Å². The number of hydrogen-bond acceptors (Lipinski definition) is 4. The highest BCUT2D eigenvalue weighted by Gasteiger charge is 2.30. The number of ether oxygens (including phenoxy) is 1. The summed E-state index contributed by atoms with van der Waals surface area (Å²) in [6.07, 6.45) is -0.301. The number of nitrogens with two attached hydrogens (primary N) is 1. The van der Waals surface area contributed by atoms with Crippen molar-refractivity contribution in [2.75, 3.05) is 6.54 Å². The molecule has 6 nitrogen and oxygen atoms in total. The van der Waals surface area contributed by atoms with Gasteiger partial charge in [-0.25, -0.2) is 9.78 Å². The normalized spacial score (nSPS) is 14.3. The highest BCUT2D eigenvalue weighted by atomic mass is 16.6. The van der Waals surface area contributed by atoms with Crippen LogP contribution in [0.25, 0.3) is 0 Å². The van der Waals surface area contributed by atoms with E-state index in [1.54, 1.807) is 4.90 Å². The number of aromatic nitrogens is 2. The molecule has 1 aliphatic rings. The molecule has 0 unspecified atom stereocenters. The molecule has 6 heteroatoms. The second kappa shape index (κ2) is 6.88. The van der Waals surface area contributed by atoms with Crippen molar-refractivity contribution in [2.45, 2.75) is 52.4 Å². The van der Waals surface area contributed by atoms with Gasteiger partial charge in [0.05, 0.1) is 17.9 Å². The summed E-state index contributed by atoms with van der Waals surface area (Å²) in [5.74, 6) is 0.883. The first-order valence-electron chi connectivity index (χ1n) is 8.64. The summed E-state index contributed by atoms with van der Waals surface area (Å²) in [6, 6.07) is 9.70. The van der Waals surface area contributed by atoms with Crippen LogP contribution < -0.4 is 5.73 Å². The minimum absolute atomic E-state index is 0.0717. The zero-order valence-electron chi connectivity index (χ0n) is 15.2. The maximum Gasteiger partial charge on any atom is 0.410 e. The summed E-state index contributed by atoms with van der Waals surface area (Å²) < 4.78 is 7.59. The Bertz CT molecular complexity index is 747. The Hall–Kier alpha value is -2.34. The molecule has 0 saturated carbocycles. The number of fused-ring (bicyclic) bond motifs is 1. The van der Waals surface area contributed by atoms with Gasteiger partial charge in [-0.05, 0) is 5.56 Å². The van der Waals surface area contributed by atoms with Crippen LogP contribution in [0.15, 0.2) is 30.3 Å². The van der Waals surface area contributed by atoms with E-state index in [-0.39, 0.29) is 18.1 Å². The number of rotatable bonds is 3. The van der Waals surface area contributed by atoms with Crippen LogP contribution in [-0.2, 0) is 36.4 Å². The van der Waals surface area contributed by atoms with Crippen LogP contribution >= 0.6 is 0 Å². The Balaban J connectivity index is 1.70. The first-order valence-corrected chi connectivity index (χ1v) is 8.64. The fourth-order valence-electron chi connectivity index (χ4n) is 3.17. The first kappa shape index (κ1) is 17.5. The van der Waals surface area contributed by atoms with Crippen LogP contribution in [0.3, 0.4) is 0 Å². The first-order chi connectivity index (χ1) is 11.9. The molecule has 0 radical (unpaired) electrons. The van der Waals surface area contributed by atoms with Crippen molar-refractivity contribution >= 4 is 6.09 Å². The largest absolute Gasteiger partial charge is 0.445 e. The maximum atomic E-state index is 12.4. The molecule has 0 bridgehead atoms. The number of hydrogen-bond donors (Lipinski definition) is 1. The van der Waals surface area contributed by atoms with Gasteiger partial charge in [-0.1, -0.05) is 51.1 Å². The second-order valence-corrected chi connectivity index (χ2v) is 7.39. The van der Waals surface area contributed by atoms with Gasteiger partial charge in [-0.3, -0.25) is 4.90 Å². The van der Waals surface area contributed by atoms with Gasteiger partial charge >= 0.3 is 6.09 Å². The van der Waals surface area contributed by atoms with Gasteiger partial charge in [0, 0.05) is 25.0 Å². The third kappa shape index (κ3) is 3.69. The molecule has 1 aromatic carbocycles. The summed E-state index contributed by atoms with van der Waals surface area (Å²) in [7, 11) is 0.